The van der Waals surface area contributed by atoms with E-state index < -0.39 is 12.1 Å². The first kappa shape index (κ1) is 15.6. The molecule has 0 aliphatic rings. The Labute approximate surface area is 120 Å². The molecule has 7 heteroatoms. The Morgan fingerprint density at radius 2 is 1.89 bits per heavy atom. The second-order valence-corrected chi connectivity index (χ2v) is 4.78. The summed E-state index contributed by atoms with van der Waals surface area (Å²) in [7, 11) is 1.20. The molecule has 0 aromatic heterocycles. The third-order valence-electron chi connectivity index (χ3n) is 2.43. The number of amides is 1. The monoisotopic (exact) mass is 305 g/mol. The van der Waals surface area contributed by atoms with Crippen molar-refractivity contribution < 1.29 is 19.4 Å². The van der Waals surface area contributed by atoms with Crippen molar-refractivity contribution >= 4 is 41.0 Å². The number of nitrogens with zero attached hydrogens (tertiary/aromatic N) is 1. The predicted molar refractivity (Wildman–Crippen MR) is 73.4 cm³/mol. The zero-order valence-corrected chi connectivity index (χ0v) is 12.1. The van der Waals surface area contributed by atoms with Crippen LogP contribution in [-0.4, -0.2) is 30.3 Å². The molecule has 0 radical (unpaired) electrons. The number of hydrogen-bond donors (Lipinski definition) is 1. The fourth-order valence-electron chi connectivity index (χ4n) is 1.61. The molecule has 0 aliphatic carbocycles. The van der Waals surface area contributed by atoms with Crippen molar-refractivity contribution in [2.45, 2.75) is 19.9 Å². The number of carboxylic acids is 1. The lowest BCUT2D eigenvalue weighted by Crippen LogP contribution is -2.38. The number of methoxy groups -OCH3 is 1. The Morgan fingerprint density at radius 3 is 2.32 bits per heavy atom. The number of halogens is 2. The Kier molecular flexibility index (Phi) is 5.03. The molecule has 0 atom stereocenters. The van der Waals surface area contributed by atoms with Gasteiger partial charge in [-0.15, -0.1) is 0 Å². The van der Waals surface area contributed by atoms with E-state index in [0.717, 1.165) is 4.90 Å². The van der Waals surface area contributed by atoms with E-state index in [1.165, 1.54) is 19.2 Å². The van der Waals surface area contributed by atoms with Gasteiger partial charge in [0.15, 0.2) is 0 Å². The summed E-state index contributed by atoms with van der Waals surface area (Å²) in [5, 5.41) is 9.35. The predicted octanol–water partition coefficient (Wildman–Crippen LogP) is 3.67. The molecule has 1 N–H and O–H groups in total. The molecule has 0 aliphatic heterocycles. The van der Waals surface area contributed by atoms with Crippen LogP contribution >= 0.6 is 23.2 Å². The molecule has 1 amide bonds. The highest BCUT2D eigenvalue weighted by atomic mass is 35.5. The van der Waals surface area contributed by atoms with Crippen LogP contribution in [-0.2, 0) is 4.74 Å². The average molecular weight is 306 g/mol. The molecule has 0 heterocycles. The molecule has 19 heavy (non-hydrogen) atoms. The third-order valence-corrected chi connectivity index (χ3v) is 3.22. The fourth-order valence-corrected chi connectivity index (χ4v) is 2.02. The number of benzene rings is 1. The normalized spacial score (nSPS) is 10.4. The topological polar surface area (TPSA) is 66.8 Å². The zero-order chi connectivity index (χ0) is 14.7. The summed E-state index contributed by atoms with van der Waals surface area (Å²) in [5.41, 5.74) is -0.0861. The summed E-state index contributed by atoms with van der Waals surface area (Å²) in [6.07, 6.45) is -0.707. The Hall–Kier alpha value is -1.46. The maximum Gasteiger partial charge on any atom is 0.414 e. The van der Waals surface area contributed by atoms with Crippen molar-refractivity contribution in [3.63, 3.8) is 0 Å². The van der Waals surface area contributed by atoms with E-state index >= 15 is 0 Å². The van der Waals surface area contributed by atoms with Crippen molar-refractivity contribution in [3.8, 4) is 0 Å². The summed E-state index contributed by atoms with van der Waals surface area (Å²) < 4.78 is 4.65. The van der Waals surface area contributed by atoms with E-state index in [-0.39, 0.29) is 27.3 Å². The van der Waals surface area contributed by atoms with E-state index in [4.69, 9.17) is 23.2 Å². The summed E-state index contributed by atoms with van der Waals surface area (Å²) in [4.78, 5) is 24.2. The second kappa shape index (κ2) is 6.12. The first-order chi connectivity index (χ1) is 8.81. The van der Waals surface area contributed by atoms with Gasteiger partial charge < -0.3 is 9.84 Å². The van der Waals surface area contributed by atoms with Crippen LogP contribution < -0.4 is 4.90 Å². The molecule has 0 bridgehead atoms. The SMILES string of the molecule is COC(=O)N(c1c(C(=O)O)ccc(Cl)c1Cl)C(C)C. The first-order valence-electron chi connectivity index (χ1n) is 5.39. The van der Waals surface area contributed by atoms with Gasteiger partial charge in [0.1, 0.15) is 0 Å². The Balaban J connectivity index is 3.56. The minimum atomic E-state index is -1.21. The van der Waals surface area contributed by atoms with Crippen LogP contribution in [0.4, 0.5) is 10.5 Å². The number of carbonyl (C=O) groups is 2. The molecule has 0 saturated carbocycles. The quantitative estimate of drug-likeness (QED) is 0.925. The lowest BCUT2D eigenvalue weighted by molar-refractivity contribution is 0.0697. The molecule has 0 saturated heterocycles. The highest BCUT2D eigenvalue weighted by Crippen LogP contribution is 2.37. The van der Waals surface area contributed by atoms with Crippen LogP contribution in [0.1, 0.15) is 24.2 Å². The highest BCUT2D eigenvalue weighted by Gasteiger charge is 2.28. The molecular formula is C12H13Cl2NO4. The van der Waals surface area contributed by atoms with Crippen LogP contribution in [0, 0.1) is 0 Å². The van der Waals surface area contributed by atoms with Crippen molar-refractivity contribution in [2.75, 3.05) is 12.0 Å². The van der Waals surface area contributed by atoms with Crippen molar-refractivity contribution in [1.29, 1.82) is 0 Å². The highest BCUT2D eigenvalue weighted by molar-refractivity contribution is 6.44. The smallest absolute Gasteiger partial charge is 0.414 e. The lowest BCUT2D eigenvalue weighted by atomic mass is 10.1. The van der Waals surface area contributed by atoms with E-state index in [1.54, 1.807) is 13.8 Å². The molecule has 1 aromatic rings. The molecular weight excluding hydrogens is 293 g/mol. The second-order valence-electron chi connectivity index (χ2n) is 4.00. The number of rotatable bonds is 3. The van der Waals surface area contributed by atoms with E-state index in [0.29, 0.717) is 0 Å². The number of hydrogen-bond acceptors (Lipinski definition) is 3. The molecule has 5 nitrogen and oxygen atoms in total. The van der Waals surface area contributed by atoms with Gasteiger partial charge in [0.25, 0.3) is 0 Å². The summed E-state index contributed by atoms with van der Waals surface area (Å²) in [5.74, 6) is -1.21. The third kappa shape index (κ3) is 3.11. The summed E-state index contributed by atoms with van der Waals surface area (Å²) in [6.45, 7) is 3.42. The van der Waals surface area contributed by atoms with Gasteiger partial charge >= 0.3 is 12.1 Å². The van der Waals surface area contributed by atoms with Crippen LogP contribution in [0.2, 0.25) is 10.0 Å². The van der Waals surface area contributed by atoms with Crippen LogP contribution in [0.5, 0.6) is 0 Å². The maximum atomic E-state index is 11.8. The van der Waals surface area contributed by atoms with Crippen molar-refractivity contribution in [1.82, 2.24) is 0 Å². The van der Waals surface area contributed by atoms with Gasteiger partial charge in [-0.3, -0.25) is 4.90 Å². The lowest BCUT2D eigenvalue weighted by Gasteiger charge is -2.27. The molecule has 0 spiro atoms. The number of carboxylic acid groups (broad SMARTS) is 1. The minimum absolute atomic E-state index is 0.000617. The molecule has 1 aromatic carbocycles. The minimum Gasteiger partial charge on any atom is -0.478 e. The maximum absolute atomic E-state index is 11.8. The number of ether oxygens (including phenoxy) is 1. The Morgan fingerprint density at radius 1 is 1.32 bits per heavy atom. The Bertz CT molecular complexity index is 517. The first-order valence-corrected chi connectivity index (χ1v) is 6.15. The largest absolute Gasteiger partial charge is 0.478 e. The van der Waals surface area contributed by atoms with Gasteiger partial charge in [-0.2, -0.15) is 0 Å². The zero-order valence-electron chi connectivity index (χ0n) is 10.6. The van der Waals surface area contributed by atoms with E-state index in [9.17, 15) is 14.7 Å². The van der Waals surface area contributed by atoms with E-state index in [1.807, 2.05) is 0 Å². The van der Waals surface area contributed by atoms with Crippen LogP contribution in [0.3, 0.4) is 0 Å². The van der Waals surface area contributed by atoms with Gasteiger partial charge in [0, 0.05) is 6.04 Å². The summed E-state index contributed by atoms with van der Waals surface area (Å²) in [6, 6.07) is 2.32. The van der Waals surface area contributed by atoms with Gasteiger partial charge in [0.05, 0.1) is 28.4 Å². The molecule has 1 rings (SSSR count). The summed E-state index contributed by atoms with van der Waals surface area (Å²) >= 11 is 11.9. The van der Waals surface area contributed by atoms with Gasteiger partial charge in [-0.25, -0.2) is 9.59 Å². The molecule has 0 unspecified atom stereocenters. The van der Waals surface area contributed by atoms with E-state index in [2.05, 4.69) is 4.74 Å². The van der Waals surface area contributed by atoms with Crippen LogP contribution in [0.25, 0.3) is 0 Å². The number of aromatic carboxylic acids is 1. The fraction of sp³-hybridized carbons (Fsp3) is 0.333. The standard InChI is InChI=1S/C12H13Cl2NO4/c1-6(2)15(12(18)19-3)10-7(11(16)17)4-5-8(13)9(10)14/h4-6H,1-3H3,(H,16,17). The number of carbonyl (C=O) groups excluding carboxylic acids is 1. The van der Waals surface area contributed by atoms with Crippen molar-refractivity contribution in [3.05, 3.63) is 27.7 Å². The van der Waals surface area contributed by atoms with Crippen molar-refractivity contribution in [2.24, 2.45) is 0 Å². The van der Waals surface area contributed by atoms with Gasteiger partial charge in [-0.05, 0) is 26.0 Å². The van der Waals surface area contributed by atoms with Crippen LogP contribution in [0.15, 0.2) is 12.1 Å². The van der Waals surface area contributed by atoms with Gasteiger partial charge in [0.2, 0.25) is 0 Å². The number of anilines is 1. The van der Waals surface area contributed by atoms with Gasteiger partial charge in [-0.1, -0.05) is 23.2 Å². The average Bonchev–Trinajstić information content (AvgIpc) is 2.33. The molecule has 104 valence electrons. The molecule has 0 fully saturated rings.